The maximum absolute atomic E-state index is 12.4. The molecule has 0 bridgehead atoms. The minimum absolute atomic E-state index is 0.0133. The van der Waals surface area contributed by atoms with Crippen molar-refractivity contribution in [2.45, 2.75) is 6.92 Å². The summed E-state index contributed by atoms with van der Waals surface area (Å²) in [4.78, 5) is 24.2. The van der Waals surface area contributed by atoms with Gasteiger partial charge in [0.05, 0.1) is 23.8 Å². The highest BCUT2D eigenvalue weighted by Gasteiger charge is 2.15. The summed E-state index contributed by atoms with van der Waals surface area (Å²) in [5.41, 5.74) is 4.78. The van der Waals surface area contributed by atoms with Crippen LogP contribution in [0.15, 0.2) is 89.7 Å². The third-order valence-corrected chi connectivity index (χ3v) is 4.93. The summed E-state index contributed by atoms with van der Waals surface area (Å²) in [5.74, 6) is -1.06. The molecule has 0 aliphatic rings. The van der Waals surface area contributed by atoms with Gasteiger partial charge in [0.15, 0.2) is 6.61 Å². The van der Waals surface area contributed by atoms with Gasteiger partial charge in [0.2, 0.25) is 0 Å². The van der Waals surface area contributed by atoms with Crippen molar-refractivity contribution < 1.29 is 23.8 Å². The number of ether oxygens (including phenoxy) is 1. The molecule has 0 unspecified atom stereocenters. The Hall–Kier alpha value is -4.32. The van der Waals surface area contributed by atoms with Crippen LogP contribution >= 0.6 is 0 Å². The molecule has 0 fully saturated rings. The molecular formula is C26H21NO5. The molecule has 3 aromatic carbocycles. The van der Waals surface area contributed by atoms with Gasteiger partial charge in [0.25, 0.3) is 5.91 Å². The predicted molar refractivity (Wildman–Crippen MR) is 122 cm³/mol. The van der Waals surface area contributed by atoms with Crippen molar-refractivity contribution in [3.63, 3.8) is 0 Å². The zero-order chi connectivity index (χ0) is 22.5. The second-order valence-electron chi connectivity index (χ2n) is 7.31. The highest BCUT2D eigenvalue weighted by atomic mass is 16.5. The maximum Gasteiger partial charge on any atom is 0.337 e. The SMILES string of the molecule is Cc1cccc(-c2ccc(NC(=O)COc3cccc(-c4ccoc4)c3)c(C(=O)O)c2)c1. The first-order chi connectivity index (χ1) is 15.5. The number of hydrogen-bond donors (Lipinski definition) is 2. The Balaban J connectivity index is 1.46. The lowest BCUT2D eigenvalue weighted by Crippen LogP contribution is -2.21. The number of rotatable bonds is 7. The van der Waals surface area contributed by atoms with Gasteiger partial charge in [-0.25, -0.2) is 4.79 Å². The highest BCUT2D eigenvalue weighted by molar-refractivity contribution is 6.02. The summed E-state index contributed by atoms with van der Waals surface area (Å²) in [5, 5.41) is 12.3. The molecule has 6 heteroatoms. The van der Waals surface area contributed by atoms with E-state index in [9.17, 15) is 14.7 Å². The van der Waals surface area contributed by atoms with Crippen molar-refractivity contribution in [1.82, 2.24) is 0 Å². The molecule has 2 N–H and O–H groups in total. The van der Waals surface area contributed by atoms with E-state index < -0.39 is 11.9 Å². The van der Waals surface area contributed by atoms with Gasteiger partial charge in [-0.3, -0.25) is 4.79 Å². The number of carbonyl (C=O) groups excluding carboxylic acids is 1. The normalized spacial score (nSPS) is 10.5. The van der Waals surface area contributed by atoms with Crippen LogP contribution in [0.2, 0.25) is 0 Å². The summed E-state index contributed by atoms with van der Waals surface area (Å²) in [7, 11) is 0. The van der Waals surface area contributed by atoms with Crippen molar-refractivity contribution in [2.75, 3.05) is 11.9 Å². The highest BCUT2D eigenvalue weighted by Crippen LogP contribution is 2.27. The molecule has 32 heavy (non-hydrogen) atoms. The number of hydrogen-bond acceptors (Lipinski definition) is 4. The first-order valence-electron chi connectivity index (χ1n) is 9.99. The van der Waals surface area contributed by atoms with Crippen LogP contribution < -0.4 is 10.1 Å². The molecule has 0 saturated heterocycles. The quantitative estimate of drug-likeness (QED) is 0.399. The minimum Gasteiger partial charge on any atom is -0.484 e. The Morgan fingerprint density at radius 1 is 0.906 bits per heavy atom. The van der Waals surface area contributed by atoms with Gasteiger partial charge >= 0.3 is 5.97 Å². The molecule has 4 rings (SSSR count). The van der Waals surface area contributed by atoms with Gasteiger partial charge in [-0.1, -0.05) is 48.0 Å². The first kappa shape index (κ1) is 20.9. The van der Waals surface area contributed by atoms with E-state index in [2.05, 4.69) is 5.32 Å². The molecule has 6 nitrogen and oxygen atoms in total. The van der Waals surface area contributed by atoms with Gasteiger partial charge in [-0.15, -0.1) is 0 Å². The van der Waals surface area contributed by atoms with Gasteiger partial charge in [0, 0.05) is 5.56 Å². The number of aromatic carboxylic acids is 1. The zero-order valence-corrected chi connectivity index (χ0v) is 17.4. The number of benzene rings is 3. The van der Waals surface area contributed by atoms with E-state index in [1.807, 2.05) is 49.4 Å². The monoisotopic (exact) mass is 427 g/mol. The fourth-order valence-corrected chi connectivity index (χ4v) is 3.36. The lowest BCUT2D eigenvalue weighted by molar-refractivity contribution is -0.118. The van der Waals surface area contributed by atoms with E-state index >= 15 is 0 Å². The minimum atomic E-state index is -1.12. The van der Waals surface area contributed by atoms with Gasteiger partial charge in [-0.2, -0.15) is 0 Å². The van der Waals surface area contributed by atoms with Crippen molar-refractivity contribution in [3.8, 4) is 28.0 Å². The van der Waals surface area contributed by atoms with Crippen LogP contribution in [0.1, 0.15) is 15.9 Å². The van der Waals surface area contributed by atoms with Gasteiger partial charge in [-0.05, 0) is 53.9 Å². The number of carboxylic acids is 1. The number of amides is 1. The Morgan fingerprint density at radius 2 is 1.66 bits per heavy atom. The van der Waals surface area contributed by atoms with Crippen LogP contribution in [0.25, 0.3) is 22.3 Å². The van der Waals surface area contributed by atoms with Crippen LogP contribution in [-0.4, -0.2) is 23.6 Å². The molecule has 160 valence electrons. The zero-order valence-electron chi connectivity index (χ0n) is 17.4. The fraction of sp³-hybridized carbons (Fsp3) is 0.0769. The average molecular weight is 427 g/mol. The Bertz CT molecular complexity index is 1260. The average Bonchev–Trinajstić information content (AvgIpc) is 3.33. The molecule has 1 amide bonds. The fourth-order valence-electron chi connectivity index (χ4n) is 3.36. The van der Waals surface area contributed by atoms with Crippen LogP contribution in [0.3, 0.4) is 0 Å². The van der Waals surface area contributed by atoms with Gasteiger partial charge in [0.1, 0.15) is 5.75 Å². The third-order valence-electron chi connectivity index (χ3n) is 4.93. The molecule has 0 spiro atoms. The number of carbonyl (C=O) groups is 2. The molecule has 0 radical (unpaired) electrons. The Morgan fingerprint density at radius 3 is 2.38 bits per heavy atom. The molecule has 0 saturated carbocycles. The van der Waals surface area contributed by atoms with Crippen LogP contribution in [0, 0.1) is 6.92 Å². The van der Waals surface area contributed by atoms with E-state index in [-0.39, 0.29) is 17.9 Å². The van der Waals surface area contributed by atoms with E-state index in [4.69, 9.17) is 9.15 Å². The lowest BCUT2D eigenvalue weighted by atomic mass is 10.0. The number of aryl methyl sites for hydroxylation is 1. The number of anilines is 1. The molecule has 1 aromatic heterocycles. The summed E-state index contributed by atoms with van der Waals surface area (Å²) in [6.45, 7) is 1.72. The molecule has 0 atom stereocenters. The molecule has 0 aliphatic carbocycles. The van der Waals surface area contributed by atoms with E-state index in [1.54, 1.807) is 42.9 Å². The Labute approximate surface area is 185 Å². The summed E-state index contributed by atoms with van der Waals surface area (Å²) in [6, 6.07) is 21.8. The van der Waals surface area contributed by atoms with Crippen molar-refractivity contribution in [1.29, 1.82) is 0 Å². The third kappa shape index (κ3) is 4.87. The predicted octanol–water partition coefficient (Wildman–Crippen LogP) is 5.64. The largest absolute Gasteiger partial charge is 0.484 e. The smallest absolute Gasteiger partial charge is 0.337 e. The van der Waals surface area contributed by atoms with Crippen LogP contribution in [-0.2, 0) is 4.79 Å². The molecule has 0 aliphatic heterocycles. The topological polar surface area (TPSA) is 88.8 Å². The molecule has 4 aromatic rings. The van der Waals surface area contributed by atoms with Gasteiger partial charge < -0.3 is 19.6 Å². The second-order valence-corrected chi connectivity index (χ2v) is 7.31. The van der Waals surface area contributed by atoms with Crippen molar-refractivity contribution in [2.24, 2.45) is 0 Å². The molecular weight excluding hydrogens is 406 g/mol. The summed E-state index contributed by atoms with van der Waals surface area (Å²) in [6.07, 6.45) is 3.21. The van der Waals surface area contributed by atoms with E-state index in [1.165, 1.54) is 0 Å². The maximum atomic E-state index is 12.4. The van der Waals surface area contributed by atoms with E-state index in [0.29, 0.717) is 5.75 Å². The van der Waals surface area contributed by atoms with Crippen LogP contribution in [0.5, 0.6) is 5.75 Å². The van der Waals surface area contributed by atoms with Crippen molar-refractivity contribution >= 4 is 17.6 Å². The standard InChI is InChI=1S/C26H21NO5/c1-17-4-2-5-18(12-17)20-8-9-24(23(14-20)26(29)30)27-25(28)16-32-22-7-3-6-19(13-22)21-10-11-31-15-21/h2-15H,16H2,1H3,(H,27,28)(H,29,30). The molecule has 1 heterocycles. The van der Waals surface area contributed by atoms with E-state index in [0.717, 1.165) is 27.8 Å². The van der Waals surface area contributed by atoms with Crippen molar-refractivity contribution in [3.05, 3.63) is 96.4 Å². The summed E-state index contributed by atoms with van der Waals surface area (Å²) >= 11 is 0. The summed E-state index contributed by atoms with van der Waals surface area (Å²) < 4.78 is 10.7. The van der Waals surface area contributed by atoms with Crippen LogP contribution in [0.4, 0.5) is 5.69 Å². The lowest BCUT2D eigenvalue weighted by Gasteiger charge is -2.12. The Kier molecular flexibility index (Phi) is 6.03. The number of carboxylic acid groups (broad SMARTS) is 1. The second kappa shape index (κ2) is 9.22. The number of furan rings is 1. The first-order valence-corrected chi connectivity index (χ1v) is 9.99. The number of nitrogens with one attached hydrogen (secondary N) is 1.